The Balaban J connectivity index is 1.57. The molecular weight excluding hydrogens is 332 g/mol. The third-order valence-electron chi connectivity index (χ3n) is 5.00. The van der Waals surface area contributed by atoms with Crippen LogP contribution in [-0.2, 0) is 6.54 Å². The molecule has 0 atom stereocenters. The van der Waals surface area contributed by atoms with Crippen molar-refractivity contribution in [3.05, 3.63) is 53.4 Å². The number of amides is 1. The zero-order valence-electron chi connectivity index (χ0n) is 14.2. The summed E-state index contributed by atoms with van der Waals surface area (Å²) in [5, 5.41) is 0. The molecule has 4 nitrogen and oxygen atoms in total. The molecule has 130 valence electrons. The SMILES string of the molecule is O=C(c1ccc2ncsc2c1)N(Cc1ccco1)CC1CCCCC1. The topological polar surface area (TPSA) is 46.3 Å². The molecule has 1 aliphatic carbocycles. The Morgan fingerprint density at radius 2 is 2.12 bits per heavy atom. The number of benzene rings is 1. The molecule has 0 unspecified atom stereocenters. The van der Waals surface area contributed by atoms with Crippen molar-refractivity contribution in [3.63, 3.8) is 0 Å². The summed E-state index contributed by atoms with van der Waals surface area (Å²) < 4.78 is 6.55. The van der Waals surface area contributed by atoms with Crippen molar-refractivity contribution in [3.8, 4) is 0 Å². The molecular formula is C20H22N2O2S. The molecule has 2 aromatic heterocycles. The Labute approximate surface area is 151 Å². The number of carbonyl (C=O) groups excluding carboxylic acids is 1. The van der Waals surface area contributed by atoms with Gasteiger partial charge in [-0.3, -0.25) is 4.79 Å². The van der Waals surface area contributed by atoms with E-state index in [1.54, 1.807) is 17.6 Å². The molecule has 3 aromatic rings. The van der Waals surface area contributed by atoms with Crippen molar-refractivity contribution in [1.82, 2.24) is 9.88 Å². The molecule has 0 bridgehead atoms. The van der Waals surface area contributed by atoms with Crippen LogP contribution in [0.25, 0.3) is 10.2 Å². The number of furan rings is 1. The fourth-order valence-electron chi connectivity index (χ4n) is 3.66. The lowest BCUT2D eigenvalue weighted by Crippen LogP contribution is -2.35. The Morgan fingerprint density at radius 1 is 1.24 bits per heavy atom. The first-order chi connectivity index (χ1) is 12.3. The van der Waals surface area contributed by atoms with Crippen LogP contribution in [-0.4, -0.2) is 22.3 Å². The number of thiazole rings is 1. The van der Waals surface area contributed by atoms with Gasteiger partial charge in [-0.15, -0.1) is 11.3 Å². The highest BCUT2D eigenvalue weighted by Crippen LogP contribution is 2.26. The van der Waals surface area contributed by atoms with Gasteiger partial charge in [0.15, 0.2) is 0 Å². The smallest absolute Gasteiger partial charge is 0.254 e. The summed E-state index contributed by atoms with van der Waals surface area (Å²) in [5.41, 5.74) is 3.51. The van der Waals surface area contributed by atoms with E-state index in [0.29, 0.717) is 12.5 Å². The summed E-state index contributed by atoms with van der Waals surface area (Å²) in [6, 6.07) is 9.60. The highest BCUT2D eigenvalue weighted by atomic mass is 32.1. The minimum atomic E-state index is 0.0808. The third-order valence-corrected chi connectivity index (χ3v) is 5.79. The van der Waals surface area contributed by atoms with Gasteiger partial charge in [0.1, 0.15) is 5.76 Å². The maximum Gasteiger partial charge on any atom is 0.254 e. The second kappa shape index (κ2) is 7.40. The largest absolute Gasteiger partial charge is 0.467 e. The predicted molar refractivity (Wildman–Crippen MR) is 99.6 cm³/mol. The number of hydrogen-bond donors (Lipinski definition) is 0. The van der Waals surface area contributed by atoms with Crippen LogP contribution in [0.1, 0.15) is 48.2 Å². The van der Waals surface area contributed by atoms with Crippen LogP contribution in [0, 0.1) is 5.92 Å². The van der Waals surface area contributed by atoms with Gasteiger partial charge in [0, 0.05) is 12.1 Å². The highest BCUT2D eigenvalue weighted by molar-refractivity contribution is 7.16. The number of fused-ring (bicyclic) bond motifs is 1. The van der Waals surface area contributed by atoms with Gasteiger partial charge in [-0.1, -0.05) is 19.3 Å². The maximum absolute atomic E-state index is 13.2. The van der Waals surface area contributed by atoms with Gasteiger partial charge in [0.2, 0.25) is 0 Å². The number of nitrogens with zero attached hydrogens (tertiary/aromatic N) is 2. The van der Waals surface area contributed by atoms with Crippen molar-refractivity contribution < 1.29 is 9.21 Å². The molecule has 1 aromatic carbocycles. The predicted octanol–water partition coefficient (Wildman–Crippen LogP) is 5.11. The molecule has 1 saturated carbocycles. The monoisotopic (exact) mass is 354 g/mol. The summed E-state index contributed by atoms with van der Waals surface area (Å²) in [5.74, 6) is 1.51. The molecule has 25 heavy (non-hydrogen) atoms. The molecule has 4 rings (SSSR count). The van der Waals surface area contributed by atoms with E-state index < -0.39 is 0 Å². The standard InChI is InChI=1S/C20H22N2O2S/c23-20(16-8-9-18-19(11-16)25-14-21-18)22(13-17-7-4-10-24-17)12-15-5-2-1-3-6-15/h4,7-11,14-15H,1-3,5-6,12-13H2. The van der Waals surface area contributed by atoms with Crippen molar-refractivity contribution in [1.29, 1.82) is 0 Å². The fraction of sp³-hybridized carbons (Fsp3) is 0.400. The first kappa shape index (κ1) is 16.3. The zero-order chi connectivity index (χ0) is 17.1. The zero-order valence-corrected chi connectivity index (χ0v) is 15.0. The van der Waals surface area contributed by atoms with E-state index in [-0.39, 0.29) is 5.91 Å². The average molecular weight is 354 g/mol. The molecule has 0 saturated heterocycles. The van der Waals surface area contributed by atoms with Crippen molar-refractivity contribution in [2.45, 2.75) is 38.6 Å². The van der Waals surface area contributed by atoms with E-state index in [1.807, 2.05) is 40.7 Å². The minimum Gasteiger partial charge on any atom is -0.467 e. The Kier molecular flexibility index (Phi) is 4.83. The first-order valence-electron chi connectivity index (χ1n) is 8.94. The second-order valence-corrected chi connectivity index (χ2v) is 7.69. The molecule has 1 fully saturated rings. The summed E-state index contributed by atoms with van der Waals surface area (Å²) >= 11 is 1.57. The maximum atomic E-state index is 13.2. The van der Waals surface area contributed by atoms with Crippen LogP contribution in [0.4, 0.5) is 0 Å². The van der Waals surface area contributed by atoms with Crippen LogP contribution >= 0.6 is 11.3 Å². The minimum absolute atomic E-state index is 0.0808. The molecule has 5 heteroatoms. The number of carbonyl (C=O) groups is 1. The van der Waals surface area contributed by atoms with Crippen molar-refractivity contribution >= 4 is 27.5 Å². The number of rotatable bonds is 5. The van der Waals surface area contributed by atoms with Crippen LogP contribution in [0.15, 0.2) is 46.5 Å². The van der Waals surface area contributed by atoms with Crippen LogP contribution < -0.4 is 0 Å². The lowest BCUT2D eigenvalue weighted by Gasteiger charge is -2.29. The van der Waals surface area contributed by atoms with Crippen LogP contribution in [0.2, 0.25) is 0 Å². The van der Waals surface area contributed by atoms with E-state index in [9.17, 15) is 4.79 Å². The normalized spacial score (nSPS) is 15.5. The lowest BCUT2D eigenvalue weighted by molar-refractivity contribution is 0.0685. The lowest BCUT2D eigenvalue weighted by atomic mass is 9.89. The Bertz CT molecular complexity index is 834. The van der Waals surface area contributed by atoms with E-state index in [2.05, 4.69) is 4.98 Å². The van der Waals surface area contributed by atoms with Gasteiger partial charge in [0.25, 0.3) is 5.91 Å². The van der Waals surface area contributed by atoms with Crippen molar-refractivity contribution in [2.24, 2.45) is 5.92 Å². The van der Waals surface area contributed by atoms with E-state index >= 15 is 0 Å². The molecule has 0 aliphatic heterocycles. The van der Waals surface area contributed by atoms with E-state index in [1.165, 1.54) is 32.1 Å². The summed E-state index contributed by atoms with van der Waals surface area (Å²) in [6.07, 6.45) is 7.98. The van der Waals surface area contributed by atoms with Gasteiger partial charge < -0.3 is 9.32 Å². The average Bonchev–Trinajstić information content (AvgIpc) is 3.32. The van der Waals surface area contributed by atoms with Gasteiger partial charge in [-0.2, -0.15) is 0 Å². The Hall–Kier alpha value is -2.14. The molecule has 1 amide bonds. The molecule has 0 N–H and O–H groups in total. The van der Waals surface area contributed by atoms with Crippen LogP contribution in [0.3, 0.4) is 0 Å². The van der Waals surface area contributed by atoms with Gasteiger partial charge in [-0.25, -0.2) is 4.98 Å². The molecule has 1 aliphatic rings. The molecule has 2 heterocycles. The van der Waals surface area contributed by atoms with Crippen LogP contribution in [0.5, 0.6) is 0 Å². The molecule has 0 spiro atoms. The van der Waals surface area contributed by atoms with E-state index in [0.717, 1.165) is 28.1 Å². The number of hydrogen-bond acceptors (Lipinski definition) is 4. The first-order valence-corrected chi connectivity index (χ1v) is 9.82. The quantitative estimate of drug-likeness (QED) is 0.639. The van der Waals surface area contributed by atoms with Crippen molar-refractivity contribution in [2.75, 3.05) is 6.54 Å². The van der Waals surface area contributed by atoms with E-state index in [4.69, 9.17) is 4.42 Å². The second-order valence-electron chi connectivity index (χ2n) is 6.80. The third kappa shape index (κ3) is 3.76. The Morgan fingerprint density at radius 3 is 2.92 bits per heavy atom. The summed E-state index contributed by atoms with van der Waals surface area (Å²) in [6.45, 7) is 1.34. The van der Waals surface area contributed by atoms with Gasteiger partial charge >= 0.3 is 0 Å². The molecule has 0 radical (unpaired) electrons. The number of aromatic nitrogens is 1. The fourth-order valence-corrected chi connectivity index (χ4v) is 4.38. The summed E-state index contributed by atoms with van der Waals surface area (Å²) in [4.78, 5) is 19.4. The van der Waals surface area contributed by atoms with Gasteiger partial charge in [0.05, 0.1) is 28.5 Å². The highest BCUT2D eigenvalue weighted by Gasteiger charge is 2.23. The summed E-state index contributed by atoms with van der Waals surface area (Å²) in [7, 11) is 0. The van der Waals surface area contributed by atoms with Gasteiger partial charge in [-0.05, 0) is 49.1 Å².